The number of methoxy groups -OCH3 is 1. The van der Waals surface area contributed by atoms with Crippen molar-refractivity contribution in [1.29, 1.82) is 0 Å². The van der Waals surface area contributed by atoms with Crippen LogP contribution in [-0.2, 0) is 15.7 Å². The maximum absolute atomic E-state index is 14.1. The van der Waals surface area contributed by atoms with Crippen LogP contribution in [0, 0.1) is 29.2 Å². The predicted molar refractivity (Wildman–Crippen MR) is 118 cm³/mol. The molecule has 2 saturated heterocycles. The molecule has 1 aromatic heterocycles. The molecule has 0 spiro atoms. The van der Waals surface area contributed by atoms with Crippen molar-refractivity contribution in [2.45, 2.75) is 51.6 Å². The molecule has 6 nitrogen and oxygen atoms in total. The van der Waals surface area contributed by atoms with Crippen LogP contribution in [0.3, 0.4) is 0 Å². The smallest absolute Gasteiger partial charge is 0.434 e. The van der Waals surface area contributed by atoms with E-state index < -0.39 is 19.9 Å². The van der Waals surface area contributed by atoms with E-state index in [2.05, 4.69) is 21.4 Å². The van der Waals surface area contributed by atoms with Crippen molar-refractivity contribution in [3.63, 3.8) is 0 Å². The van der Waals surface area contributed by atoms with Crippen molar-refractivity contribution in [2.75, 3.05) is 36.5 Å². The average molecular weight is 467 g/mol. The summed E-state index contributed by atoms with van der Waals surface area (Å²) >= 11 is 0. The number of hydrogen-bond acceptors (Lipinski definition) is 6. The number of fused-ring (bicyclic) bond motifs is 1. The summed E-state index contributed by atoms with van der Waals surface area (Å²) in [6.45, 7) is 9.71. The van der Waals surface area contributed by atoms with Crippen LogP contribution in [0.25, 0.3) is 0 Å². The average Bonchev–Trinajstić information content (AvgIpc) is 3.11. The molecule has 2 aliphatic heterocycles. The molecular weight excluding hydrogens is 437 g/mol. The second-order valence-corrected chi connectivity index (χ2v) is 14.8. The summed E-state index contributed by atoms with van der Waals surface area (Å²) < 4.78 is 47.0. The minimum Gasteiger partial charge on any atom is -0.469 e. The van der Waals surface area contributed by atoms with Crippen LogP contribution in [0.2, 0.25) is 19.6 Å². The maximum Gasteiger partial charge on any atom is 0.434 e. The number of hydrogen-bond donors (Lipinski definition) is 0. The molecule has 1 aromatic rings. The lowest BCUT2D eigenvalue weighted by molar-refractivity contribution is -0.142. The number of ether oxygens (including phenoxy) is 1. The second-order valence-electron chi connectivity index (χ2n) is 10.1. The van der Waals surface area contributed by atoms with E-state index in [9.17, 15) is 18.0 Å². The van der Waals surface area contributed by atoms with Crippen LogP contribution >= 0.6 is 0 Å². The van der Waals surface area contributed by atoms with Gasteiger partial charge in [0.2, 0.25) is 5.95 Å². The van der Waals surface area contributed by atoms with Gasteiger partial charge in [-0.1, -0.05) is 25.6 Å². The summed E-state index contributed by atoms with van der Waals surface area (Å²) in [4.78, 5) is 23.9. The van der Waals surface area contributed by atoms with Crippen LogP contribution in [0.1, 0.15) is 31.0 Å². The van der Waals surface area contributed by atoms with Gasteiger partial charge < -0.3 is 14.5 Å². The van der Waals surface area contributed by atoms with Crippen molar-refractivity contribution < 1.29 is 22.7 Å². The number of alkyl halides is 3. The van der Waals surface area contributed by atoms with Gasteiger partial charge in [-0.25, -0.2) is 4.98 Å². The number of anilines is 2. The first-order chi connectivity index (χ1) is 14.9. The molecule has 0 N–H and O–H groups in total. The number of halogens is 3. The van der Waals surface area contributed by atoms with Crippen LogP contribution < -0.4 is 9.80 Å². The Hall–Kier alpha value is -2.28. The Morgan fingerprint density at radius 2 is 1.88 bits per heavy atom. The first-order valence-corrected chi connectivity index (χ1v) is 14.5. The van der Waals surface area contributed by atoms with E-state index in [-0.39, 0.29) is 47.1 Å². The third kappa shape index (κ3) is 4.44. The van der Waals surface area contributed by atoms with Crippen LogP contribution in [0.15, 0.2) is 0 Å². The predicted octanol–water partition coefficient (Wildman–Crippen LogP) is 3.57. The van der Waals surface area contributed by atoms with Gasteiger partial charge in [0, 0.05) is 32.1 Å². The van der Waals surface area contributed by atoms with Gasteiger partial charge >= 0.3 is 12.1 Å². The Morgan fingerprint density at radius 3 is 2.34 bits per heavy atom. The monoisotopic (exact) mass is 466 g/mol. The Balaban J connectivity index is 1.72. The van der Waals surface area contributed by atoms with Gasteiger partial charge in [0.05, 0.1) is 12.7 Å². The van der Waals surface area contributed by atoms with E-state index in [1.54, 1.807) is 0 Å². The van der Waals surface area contributed by atoms with Crippen molar-refractivity contribution in [1.82, 2.24) is 9.97 Å². The van der Waals surface area contributed by atoms with Gasteiger partial charge in [-0.2, -0.15) is 18.2 Å². The fourth-order valence-corrected chi connectivity index (χ4v) is 5.08. The van der Waals surface area contributed by atoms with Gasteiger partial charge in [0.25, 0.3) is 0 Å². The summed E-state index contributed by atoms with van der Waals surface area (Å²) in [6, 6.07) is 0.110. The largest absolute Gasteiger partial charge is 0.469 e. The molecule has 4 rings (SSSR count). The van der Waals surface area contributed by atoms with Gasteiger partial charge in [0.1, 0.15) is 8.07 Å². The molecule has 1 aliphatic carbocycles. The molecule has 4 atom stereocenters. The Labute approximate surface area is 187 Å². The van der Waals surface area contributed by atoms with E-state index in [4.69, 9.17) is 4.74 Å². The zero-order chi connectivity index (χ0) is 23.4. The van der Waals surface area contributed by atoms with Gasteiger partial charge in [-0.3, -0.25) is 4.79 Å². The zero-order valence-corrected chi connectivity index (χ0v) is 20.1. The lowest BCUT2D eigenvalue weighted by Crippen LogP contribution is -2.47. The SMILES string of the molecule is COC(=O)CC1[C@H]2CN(c3nc(N4CCC4C)nc(C(F)(F)F)c3C#C[Si](C)(C)C)C[C@@H]12. The van der Waals surface area contributed by atoms with Gasteiger partial charge in [-0.05, 0) is 31.1 Å². The molecule has 0 radical (unpaired) electrons. The number of esters is 1. The van der Waals surface area contributed by atoms with E-state index >= 15 is 0 Å². The van der Waals surface area contributed by atoms with Crippen LogP contribution in [-0.4, -0.2) is 56.8 Å². The summed E-state index contributed by atoms with van der Waals surface area (Å²) in [6.07, 6.45) is -3.36. The van der Waals surface area contributed by atoms with E-state index in [1.165, 1.54) is 7.11 Å². The number of piperidine rings is 1. The Kier molecular flexibility index (Phi) is 5.68. The number of carbonyl (C=O) groups is 1. The topological polar surface area (TPSA) is 58.6 Å². The molecule has 0 bridgehead atoms. The fourth-order valence-electron chi connectivity index (χ4n) is 4.58. The Bertz CT molecular complexity index is 970. The maximum atomic E-state index is 14.1. The number of rotatable bonds is 4. The fraction of sp³-hybridized carbons (Fsp3) is 0.682. The van der Waals surface area contributed by atoms with E-state index in [0.29, 0.717) is 26.1 Å². The molecule has 174 valence electrons. The van der Waals surface area contributed by atoms with Crippen molar-refractivity contribution in [2.24, 2.45) is 17.8 Å². The summed E-state index contributed by atoms with van der Waals surface area (Å²) in [5.74, 6) is 3.75. The molecule has 3 fully saturated rings. The Morgan fingerprint density at radius 1 is 1.22 bits per heavy atom. The van der Waals surface area contributed by atoms with Crippen LogP contribution in [0.4, 0.5) is 24.9 Å². The molecule has 32 heavy (non-hydrogen) atoms. The molecule has 0 aromatic carbocycles. The molecule has 2 unspecified atom stereocenters. The van der Waals surface area contributed by atoms with Crippen molar-refractivity contribution >= 4 is 25.8 Å². The third-order valence-corrected chi connectivity index (χ3v) is 7.46. The van der Waals surface area contributed by atoms with Crippen molar-refractivity contribution in [3.8, 4) is 11.5 Å². The quantitative estimate of drug-likeness (QED) is 0.384. The minimum atomic E-state index is -4.62. The van der Waals surface area contributed by atoms with Crippen LogP contribution in [0.5, 0.6) is 0 Å². The number of carbonyl (C=O) groups excluding carboxylic acids is 1. The molecule has 0 amide bonds. The van der Waals surface area contributed by atoms with Gasteiger partial charge in [-0.15, -0.1) is 5.54 Å². The van der Waals surface area contributed by atoms with Gasteiger partial charge in [0.15, 0.2) is 11.5 Å². The molecule has 3 aliphatic rings. The highest BCUT2D eigenvalue weighted by Gasteiger charge is 2.57. The first-order valence-electron chi connectivity index (χ1n) is 11.0. The molecular formula is C22H29F3N4O2Si. The lowest BCUT2D eigenvalue weighted by Gasteiger charge is -2.39. The number of nitrogens with zero attached hydrogens (tertiary/aromatic N) is 4. The molecule has 1 saturated carbocycles. The second kappa shape index (κ2) is 7.94. The summed E-state index contributed by atoms with van der Waals surface area (Å²) in [7, 11) is -0.560. The minimum absolute atomic E-state index is 0.110. The zero-order valence-electron chi connectivity index (χ0n) is 19.1. The molecule has 3 heterocycles. The normalized spacial score (nSPS) is 26.8. The highest BCUT2D eigenvalue weighted by molar-refractivity contribution is 6.83. The number of aromatic nitrogens is 2. The van der Waals surface area contributed by atoms with E-state index in [0.717, 1.165) is 6.42 Å². The first kappa shape index (κ1) is 22.9. The standard InChI is InChI=1S/C22H29F3N4O2Si/c1-13-6-8-29(13)21-26-19(22(23,24)25)14(7-9-32(3,4)5)20(27-21)28-11-16-15(17(16)12-28)10-18(30)31-2/h13,15-17H,6,8,10-12H2,1-5H3/t13?,15?,16-,17+. The highest BCUT2D eigenvalue weighted by Crippen LogP contribution is 2.55. The molecule has 10 heteroatoms. The summed E-state index contributed by atoms with van der Waals surface area (Å²) in [5.41, 5.74) is 2.00. The van der Waals surface area contributed by atoms with Crippen molar-refractivity contribution in [3.05, 3.63) is 11.3 Å². The van der Waals surface area contributed by atoms with E-state index in [1.807, 2.05) is 36.4 Å². The highest BCUT2D eigenvalue weighted by atomic mass is 28.3. The summed E-state index contributed by atoms with van der Waals surface area (Å²) in [5, 5.41) is 0. The third-order valence-electron chi connectivity index (χ3n) is 6.59. The lowest BCUT2D eigenvalue weighted by atomic mass is 10.1.